The Labute approximate surface area is 138 Å². The van der Waals surface area contributed by atoms with Crippen molar-refractivity contribution in [3.63, 3.8) is 0 Å². The van der Waals surface area contributed by atoms with Crippen LogP contribution in [0.1, 0.15) is 33.1 Å². The summed E-state index contributed by atoms with van der Waals surface area (Å²) in [4.78, 5) is 16.4. The van der Waals surface area contributed by atoms with E-state index in [0.29, 0.717) is 6.04 Å². The van der Waals surface area contributed by atoms with Gasteiger partial charge in [-0.1, -0.05) is 18.5 Å². The average Bonchev–Trinajstić information content (AvgIpc) is 2.55. The van der Waals surface area contributed by atoms with Gasteiger partial charge in [0.05, 0.1) is 0 Å². The molecule has 1 fully saturated rings. The Morgan fingerprint density at radius 2 is 1.95 bits per heavy atom. The molecule has 4 nitrogen and oxygen atoms in total. The second kappa shape index (κ2) is 7.73. The van der Waals surface area contributed by atoms with Gasteiger partial charge in [-0.15, -0.1) is 0 Å². The molecule has 1 aliphatic rings. The van der Waals surface area contributed by atoms with Crippen molar-refractivity contribution in [3.05, 3.63) is 29.3 Å². The van der Waals surface area contributed by atoms with Gasteiger partial charge < -0.3 is 15.1 Å². The second-order valence-corrected chi connectivity index (χ2v) is 6.50. The van der Waals surface area contributed by atoms with Crippen molar-refractivity contribution in [1.29, 1.82) is 0 Å². The van der Waals surface area contributed by atoms with Gasteiger partial charge >= 0.3 is 6.03 Å². The highest BCUT2D eigenvalue weighted by Crippen LogP contribution is 2.23. The van der Waals surface area contributed by atoms with Crippen LogP contribution in [0.25, 0.3) is 0 Å². The highest BCUT2D eigenvalue weighted by molar-refractivity contribution is 6.30. The molecule has 5 heteroatoms. The number of carbonyl (C=O) groups excluding carboxylic acids is 1. The summed E-state index contributed by atoms with van der Waals surface area (Å²) >= 11 is 5.93. The zero-order valence-corrected chi connectivity index (χ0v) is 14.4. The Morgan fingerprint density at radius 3 is 2.50 bits per heavy atom. The maximum absolute atomic E-state index is 12.2. The van der Waals surface area contributed by atoms with E-state index in [-0.39, 0.29) is 12.1 Å². The van der Waals surface area contributed by atoms with Crippen LogP contribution in [0.2, 0.25) is 5.02 Å². The number of nitrogens with one attached hydrogen (secondary N) is 1. The van der Waals surface area contributed by atoms with Gasteiger partial charge in [0.15, 0.2) is 0 Å². The SMILES string of the molecule is CC[C@@H](C)NC(=O)N(C)C1CCN(c2ccc(Cl)cc2)CC1. The molecule has 2 rings (SSSR count). The van der Waals surface area contributed by atoms with E-state index in [4.69, 9.17) is 11.6 Å². The van der Waals surface area contributed by atoms with Gasteiger partial charge in [0.2, 0.25) is 0 Å². The molecule has 0 bridgehead atoms. The molecule has 1 N–H and O–H groups in total. The molecule has 1 saturated heterocycles. The van der Waals surface area contributed by atoms with Crippen LogP contribution in [0.3, 0.4) is 0 Å². The van der Waals surface area contributed by atoms with Crippen molar-refractivity contribution in [2.24, 2.45) is 0 Å². The predicted octanol–water partition coefficient (Wildman–Crippen LogP) is 3.75. The van der Waals surface area contributed by atoms with Crippen LogP contribution < -0.4 is 10.2 Å². The lowest BCUT2D eigenvalue weighted by Crippen LogP contribution is -2.50. The van der Waals surface area contributed by atoms with E-state index >= 15 is 0 Å². The van der Waals surface area contributed by atoms with Gasteiger partial charge in [-0.05, 0) is 50.5 Å². The fraction of sp³-hybridized carbons (Fsp3) is 0.588. The summed E-state index contributed by atoms with van der Waals surface area (Å²) in [5.41, 5.74) is 1.20. The molecule has 0 spiro atoms. The Kier molecular flexibility index (Phi) is 5.95. The number of amides is 2. The van der Waals surface area contributed by atoms with Crippen LogP contribution in [-0.2, 0) is 0 Å². The van der Waals surface area contributed by atoms with E-state index in [1.807, 2.05) is 31.0 Å². The number of urea groups is 1. The lowest BCUT2D eigenvalue weighted by molar-refractivity contribution is 0.176. The highest BCUT2D eigenvalue weighted by Gasteiger charge is 2.25. The molecule has 2 amide bonds. The maximum Gasteiger partial charge on any atom is 0.317 e. The van der Waals surface area contributed by atoms with Crippen LogP contribution in [0.4, 0.5) is 10.5 Å². The summed E-state index contributed by atoms with van der Waals surface area (Å²) in [6.45, 7) is 6.05. The summed E-state index contributed by atoms with van der Waals surface area (Å²) in [5.74, 6) is 0. The summed E-state index contributed by atoms with van der Waals surface area (Å²) < 4.78 is 0. The third kappa shape index (κ3) is 4.29. The van der Waals surface area contributed by atoms with Gasteiger partial charge in [-0.3, -0.25) is 0 Å². The third-order valence-electron chi connectivity index (χ3n) is 4.51. The van der Waals surface area contributed by atoms with Crippen molar-refractivity contribution < 1.29 is 4.79 Å². The molecule has 0 unspecified atom stereocenters. The van der Waals surface area contributed by atoms with Crippen molar-refractivity contribution in [1.82, 2.24) is 10.2 Å². The van der Waals surface area contributed by atoms with Crippen LogP contribution >= 0.6 is 11.6 Å². The Hall–Kier alpha value is -1.42. The largest absolute Gasteiger partial charge is 0.371 e. The number of nitrogens with zero attached hydrogens (tertiary/aromatic N) is 2. The lowest BCUT2D eigenvalue weighted by atomic mass is 10.0. The number of piperidine rings is 1. The summed E-state index contributed by atoms with van der Waals surface area (Å²) in [5, 5.41) is 3.80. The molecule has 0 aromatic heterocycles. The molecular formula is C17H26ClN3O. The van der Waals surface area contributed by atoms with Crippen LogP contribution in [0, 0.1) is 0 Å². The minimum atomic E-state index is 0.0410. The third-order valence-corrected chi connectivity index (χ3v) is 4.76. The van der Waals surface area contributed by atoms with Crippen molar-refractivity contribution in [2.75, 3.05) is 25.0 Å². The van der Waals surface area contributed by atoms with Gasteiger partial charge in [-0.25, -0.2) is 4.79 Å². The monoisotopic (exact) mass is 323 g/mol. The van der Waals surface area contributed by atoms with E-state index in [1.165, 1.54) is 5.69 Å². The Balaban J connectivity index is 1.86. The number of carbonyl (C=O) groups is 1. The van der Waals surface area contributed by atoms with E-state index in [0.717, 1.165) is 37.4 Å². The van der Waals surface area contributed by atoms with E-state index in [2.05, 4.69) is 29.3 Å². The van der Waals surface area contributed by atoms with E-state index < -0.39 is 0 Å². The molecule has 1 aromatic rings. The fourth-order valence-corrected chi connectivity index (χ4v) is 2.87. The molecule has 0 saturated carbocycles. The first-order chi connectivity index (χ1) is 10.5. The van der Waals surface area contributed by atoms with E-state index in [9.17, 15) is 4.79 Å². The van der Waals surface area contributed by atoms with Crippen LogP contribution in [0.5, 0.6) is 0 Å². The van der Waals surface area contributed by atoms with Gasteiger partial charge in [0, 0.05) is 42.9 Å². The number of halogens is 1. The number of hydrogen-bond acceptors (Lipinski definition) is 2. The molecule has 1 aliphatic heterocycles. The van der Waals surface area contributed by atoms with Crippen LogP contribution in [0.15, 0.2) is 24.3 Å². The molecule has 1 aromatic carbocycles. The van der Waals surface area contributed by atoms with Crippen LogP contribution in [-0.4, -0.2) is 43.2 Å². The minimum absolute atomic E-state index is 0.0410. The molecular weight excluding hydrogens is 298 g/mol. The normalized spacial score (nSPS) is 17.2. The first-order valence-corrected chi connectivity index (χ1v) is 8.43. The maximum atomic E-state index is 12.2. The summed E-state index contributed by atoms with van der Waals surface area (Å²) in [6, 6.07) is 8.55. The van der Waals surface area contributed by atoms with Crippen molar-refractivity contribution in [2.45, 2.75) is 45.2 Å². The van der Waals surface area contributed by atoms with Gasteiger partial charge in [0.1, 0.15) is 0 Å². The zero-order chi connectivity index (χ0) is 16.1. The standard InChI is InChI=1S/C17H26ClN3O/c1-4-13(2)19-17(22)20(3)15-9-11-21(12-10-15)16-7-5-14(18)6-8-16/h5-8,13,15H,4,9-12H2,1-3H3,(H,19,22)/t13-/m1/s1. The molecule has 0 radical (unpaired) electrons. The predicted molar refractivity (Wildman–Crippen MR) is 92.7 cm³/mol. The second-order valence-electron chi connectivity index (χ2n) is 6.06. The number of anilines is 1. The molecule has 0 aliphatic carbocycles. The number of rotatable bonds is 4. The number of benzene rings is 1. The summed E-state index contributed by atoms with van der Waals surface area (Å²) in [7, 11) is 1.90. The number of hydrogen-bond donors (Lipinski definition) is 1. The van der Waals surface area contributed by atoms with Crippen molar-refractivity contribution in [3.8, 4) is 0 Å². The van der Waals surface area contributed by atoms with Gasteiger partial charge in [-0.2, -0.15) is 0 Å². The van der Waals surface area contributed by atoms with Gasteiger partial charge in [0.25, 0.3) is 0 Å². The fourth-order valence-electron chi connectivity index (χ4n) is 2.74. The first-order valence-electron chi connectivity index (χ1n) is 8.05. The zero-order valence-electron chi connectivity index (χ0n) is 13.7. The first kappa shape index (κ1) is 16.9. The quantitative estimate of drug-likeness (QED) is 0.916. The lowest BCUT2D eigenvalue weighted by Gasteiger charge is -2.38. The average molecular weight is 324 g/mol. The molecule has 1 atom stereocenters. The highest BCUT2D eigenvalue weighted by atomic mass is 35.5. The molecule has 22 heavy (non-hydrogen) atoms. The molecule has 122 valence electrons. The Bertz CT molecular complexity index is 483. The smallest absolute Gasteiger partial charge is 0.317 e. The van der Waals surface area contributed by atoms with E-state index in [1.54, 1.807) is 0 Å². The molecule has 1 heterocycles. The Morgan fingerprint density at radius 1 is 1.36 bits per heavy atom. The van der Waals surface area contributed by atoms with Crippen molar-refractivity contribution >= 4 is 23.3 Å². The summed E-state index contributed by atoms with van der Waals surface area (Å²) in [6.07, 6.45) is 2.94. The minimum Gasteiger partial charge on any atom is -0.371 e. The topological polar surface area (TPSA) is 35.6 Å².